The molecule has 0 radical (unpaired) electrons. The fourth-order valence-electron chi connectivity index (χ4n) is 4.47. The summed E-state index contributed by atoms with van der Waals surface area (Å²) in [5, 5.41) is 13.4. The van der Waals surface area contributed by atoms with E-state index in [-0.39, 0.29) is 23.6 Å². The number of hydrogen-bond donors (Lipinski definition) is 0. The van der Waals surface area contributed by atoms with Gasteiger partial charge in [0.1, 0.15) is 10.9 Å². The quantitative estimate of drug-likeness (QED) is 0.365. The smallest absolute Gasteiger partial charge is 0.333 e. The number of aromatic nitrogens is 2. The first-order valence-corrected chi connectivity index (χ1v) is 13.1. The molecule has 4 rings (SSSR count). The van der Waals surface area contributed by atoms with Crippen LogP contribution in [0, 0.1) is 11.3 Å². The van der Waals surface area contributed by atoms with E-state index in [0.717, 1.165) is 10.4 Å². The number of aryl methyl sites for hydroxylation is 1. The summed E-state index contributed by atoms with van der Waals surface area (Å²) in [6.45, 7) is 6.65. The second kappa shape index (κ2) is 10.4. The minimum absolute atomic E-state index is 0.00307. The maximum Gasteiger partial charge on any atom is 0.435 e. The molecule has 0 aliphatic carbocycles. The van der Waals surface area contributed by atoms with E-state index in [4.69, 9.17) is 0 Å². The molecule has 0 bridgehead atoms. The number of rotatable bonds is 6. The first-order chi connectivity index (χ1) is 17.9. The predicted molar refractivity (Wildman–Crippen MR) is 142 cm³/mol. The third-order valence-corrected chi connectivity index (χ3v) is 8.18. The second-order valence-corrected chi connectivity index (χ2v) is 11.2. The molecule has 38 heavy (non-hydrogen) atoms. The van der Waals surface area contributed by atoms with Crippen LogP contribution in [0.5, 0.6) is 0 Å². The molecule has 1 aromatic carbocycles. The van der Waals surface area contributed by atoms with Crippen molar-refractivity contribution < 1.29 is 18.0 Å². The van der Waals surface area contributed by atoms with Gasteiger partial charge in [0.2, 0.25) is 5.91 Å². The van der Waals surface area contributed by atoms with Gasteiger partial charge in [-0.25, -0.2) is 0 Å². The van der Waals surface area contributed by atoms with E-state index in [2.05, 4.69) is 11.2 Å². The van der Waals surface area contributed by atoms with Gasteiger partial charge >= 0.3 is 6.18 Å². The summed E-state index contributed by atoms with van der Waals surface area (Å²) < 4.78 is 43.2. The Kier molecular flexibility index (Phi) is 7.55. The van der Waals surface area contributed by atoms with E-state index in [9.17, 15) is 23.2 Å². The minimum Gasteiger partial charge on any atom is -0.333 e. The number of amides is 1. The number of likely N-dealkylation sites (N-methyl/N-ethyl adjacent to an activating group) is 1. The van der Waals surface area contributed by atoms with E-state index in [1.54, 1.807) is 48.2 Å². The van der Waals surface area contributed by atoms with Crippen molar-refractivity contribution in [3.63, 3.8) is 0 Å². The summed E-state index contributed by atoms with van der Waals surface area (Å²) in [6.07, 6.45) is 0.204. The first kappa shape index (κ1) is 27.6. The van der Waals surface area contributed by atoms with Crippen molar-refractivity contribution in [3.05, 3.63) is 75.3 Å². The zero-order valence-corrected chi connectivity index (χ0v) is 22.8. The van der Waals surface area contributed by atoms with Crippen LogP contribution in [0.3, 0.4) is 0 Å². The van der Waals surface area contributed by atoms with Gasteiger partial charge in [-0.15, -0.1) is 11.3 Å². The SMILES string of the molecule is CCn1cc(-c2ccccc2[C@@H]2CN(C(=O)/C=C/C(C)(C)N(C)C)Cc3sc(C#N)cc32)c(C(F)(F)F)n1. The van der Waals surface area contributed by atoms with Crippen LogP contribution in [0.15, 0.2) is 48.7 Å². The zero-order valence-electron chi connectivity index (χ0n) is 22.0. The Hall–Kier alpha value is -3.42. The lowest BCUT2D eigenvalue weighted by molar-refractivity contribution is -0.141. The van der Waals surface area contributed by atoms with Gasteiger partial charge in [0.25, 0.3) is 0 Å². The van der Waals surface area contributed by atoms with Gasteiger partial charge in [0.15, 0.2) is 5.69 Å². The van der Waals surface area contributed by atoms with Crippen LogP contribution in [-0.4, -0.2) is 51.7 Å². The van der Waals surface area contributed by atoms with Gasteiger partial charge < -0.3 is 9.80 Å². The number of fused-ring (bicyclic) bond motifs is 1. The monoisotopic (exact) mass is 541 g/mol. The van der Waals surface area contributed by atoms with Crippen molar-refractivity contribution in [1.29, 1.82) is 5.26 Å². The summed E-state index contributed by atoms with van der Waals surface area (Å²) in [4.78, 5) is 18.4. The third-order valence-electron chi connectivity index (χ3n) is 7.14. The molecule has 3 heterocycles. The summed E-state index contributed by atoms with van der Waals surface area (Å²) in [5.41, 5.74) is 0.673. The number of alkyl halides is 3. The van der Waals surface area contributed by atoms with Gasteiger partial charge in [0, 0.05) is 47.3 Å². The van der Waals surface area contributed by atoms with Crippen molar-refractivity contribution in [1.82, 2.24) is 19.6 Å². The molecule has 0 saturated carbocycles. The molecule has 0 fully saturated rings. The van der Waals surface area contributed by atoms with E-state index < -0.39 is 17.8 Å². The number of nitriles is 1. The molecular formula is C28H30F3N5OS. The number of hydrogen-bond acceptors (Lipinski definition) is 5. The maximum absolute atomic E-state index is 14.0. The van der Waals surface area contributed by atoms with Crippen LogP contribution in [-0.2, 0) is 24.1 Å². The summed E-state index contributed by atoms with van der Waals surface area (Å²) in [6, 6.07) is 10.9. The molecular weight excluding hydrogens is 511 g/mol. The Balaban J connectivity index is 1.81. The Labute approximate surface area is 224 Å². The lowest BCUT2D eigenvalue weighted by Gasteiger charge is -2.34. The zero-order chi connectivity index (χ0) is 27.8. The van der Waals surface area contributed by atoms with Crippen LogP contribution in [0.25, 0.3) is 11.1 Å². The standard InChI is InChI=1S/C28H30F3N5OS/c1-6-36-16-23(26(33-36)28(29,30)31)20-10-8-7-9-19(20)22-15-35(17-24-21(22)13-18(14-32)38-24)25(37)11-12-27(2,3)34(4)5/h7-13,16,22H,6,15,17H2,1-5H3/b12-11+/t22-/m0/s1. The molecule has 6 nitrogen and oxygen atoms in total. The van der Waals surface area contributed by atoms with E-state index in [0.29, 0.717) is 29.1 Å². The van der Waals surface area contributed by atoms with Gasteiger partial charge in [-0.2, -0.15) is 23.5 Å². The first-order valence-electron chi connectivity index (χ1n) is 12.3. The van der Waals surface area contributed by atoms with E-state index in [1.807, 2.05) is 38.9 Å². The number of halogens is 3. The van der Waals surface area contributed by atoms with Crippen molar-refractivity contribution >= 4 is 17.2 Å². The predicted octanol–water partition coefficient (Wildman–Crippen LogP) is 5.89. The lowest BCUT2D eigenvalue weighted by Crippen LogP contribution is -2.39. The van der Waals surface area contributed by atoms with Crippen molar-refractivity contribution in [2.45, 2.75) is 51.5 Å². The van der Waals surface area contributed by atoms with Crippen LogP contribution in [0.2, 0.25) is 0 Å². The highest BCUT2D eigenvalue weighted by Gasteiger charge is 2.39. The molecule has 1 amide bonds. The number of benzene rings is 1. The molecule has 1 atom stereocenters. The minimum atomic E-state index is -4.62. The second-order valence-electron chi connectivity index (χ2n) is 10.1. The molecule has 10 heteroatoms. The van der Waals surface area contributed by atoms with Crippen LogP contribution < -0.4 is 0 Å². The summed E-state index contributed by atoms with van der Waals surface area (Å²) in [5.74, 6) is -0.590. The van der Waals surface area contributed by atoms with Crippen molar-refractivity contribution in [2.24, 2.45) is 0 Å². The normalized spacial score (nSPS) is 16.2. The summed E-state index contributed by atoms with van der Waals surface area (Å²) in [7, 11) is 3.86. The lowest BCUT2D eigenvalue weighted by atomic mass is 9.83. The Morgan fingerprint density at radius 1 is 1.24 bits per heavy atom. The van der Waals surface area contributed by atoms with Crippen LogP contribution in [0.4, 0.5) is 13.2 Å². The molecule has 0 N–H and O–H groups in total. The molecule has 2 aromatic heterocycles. The Morgan fingerprint density at radius 2 is 1.95 bits per heavy atom. The Morgan fingerprint density at radius 3 is 2.58 bits per heavy atom. The topological polar surface area (TPSA) is 65.2 Å². The number of carbonyl (C=O) groups is 1. The third kappa shape index (κ3) is 5.40. The van der Waals surface area contributed by atoms with Gasteiger partial charge in [-0.3, -0.25) is 9.48 Å². The van der Waals surface area contributed by atoms with Crippen LogP contribution in [0.1, 0.15) is 53.3 Å². The number of thiophene rings is 1. The highest BCUT2D eigenvalue weighted by atomic mass is 32.1. The molecule has 1 aliphatic heterocycles. The molecule has 3 aromatic rings. The molecule has 0 saturated heterocycles. The fraction of sp³-hybridized carbons (Fsp3) is 0.393. The highest BCUT2D eigenvalue weighted by molar-refractivity contribution is 7.12. The van der Waals surface area contributed by atoms with Gasteiger partial charge in [0.05, 0.1) is 6.54 Å². The molecule has 0 spiro atoms. The molecule has 200 valence electrons. The van der Waals surface area contributed by atoms with Crippen molar-refractivity contribution in [2.75, 3.05) is 20.6 Å². The fourth-order valence-corrected chi connectivity index (χ4v) is 5.51. The molecule has 0 unspecified atom stereocenters. The summed E-state index contributed by atoms with van der Waals surface area (Å²) >= 11 is 1.32. The average molecular weight is 542 g/mol. The largest absolute Gasteiger partial charge is 0.435 e. The van der Waals surface area contributed by atoms with E-state index >= 15 is 0 Å². The maximum atomic E-state index is 14.0. The number of carbonyl (C=O) groups excluding carboxylic acids is 1. The Bertz CT molecular complexity index is 1410. The highest BCUT2D eigenvalue weighted by Crippen LogP contribution is 2.44. The van der Waals surface area contributed by atoms with Crippen LogP contribution >= 0.6 is 11.3 Å². The van der Waals surface area contributed by atoms with Crippen molar-refractivity contribution in [3.8, 4) is 17.2 Å². The van der Waals surface area contributed by atoms with E-state index in [1.165, 1.54) is 22.2 Å². The van der Waals surface area contributed by atoms with Gasteiger partial charge in [-0.05, 0) is 57.6 Å². The van der Waals surface area contributed by atoms with Gasteiger partial charge in [-0.1, -0.05) is 30.3 Å². The number of nitrogens with zero attached hydrogens (tertiary/aromatic N) is 5. The molecule has 1 aliphatic rings. The average Bonchev–Trinajstić information content (AvgIpc) is 3.51.